The molecule has 1 amide bonds. The van der Waals surface area contributed by atoms with E-state index in [4.69, 9.17) is 16.3 Å². The van der Waals surface area contributed by atoms with Crippen molar-refractivity contribution < 1.29 is 14.6 Å². The number of nitrogens with zero attached hydrogens (tertiary/aromatic N) is 3. The van der Waals surface area contributed by atoms with Crippen molar-refractivity contribution in [3.63, 3.8) is 0 Å². The zero-order valence-corrected chi connectivity index (χ0v) is 14.2. The molecule has 3 rings (SSSR count). The molecule has 24 heavy (non-hydrogen) atoms. The molecule has 2 atom stereocenters. The number of rotatable bonds is 4. The number of carbonyl (C=O) groups is 1. The topological polar surface area (TPSA) is 67.6 Å². The summed E-state index contributed by atoms with van der Waals surface area (Å²) in [4.78, 5) is 14.2. The number of halogens is 1. The van der Waals surface area contributed by atoms with Crippen LogP contribution < -0.4 is 0 Å². The Kier molecular flexibility index (Phi) is 5.18. The van der Waals surface area contributed by atoms with E-state index in [9.17, 15) is 9.90 Å². The number of aliphatic hydroxyl groups excluding tert-OH is 1. The van der Waals surface area contributed by atoms with E-state index in [2.05, 4.69) is 5.10 Å². The summed E-state index contributed by atoms with van der Waals surface area (Å²) >= 11 is 5.84. The van der Waals surface area contributed by atoms with Crippen LogP contribution in [-0.4, -0.2) is 45.4 Å². The molecule has 1 N–H and O–H groups in total. The van der Waals surface area contributed by atoms with Crippen LogP contribution in [0.4, 0.5) is 0 Å². The molecule has 1 aromatic heterocycles. The summed E-state index contributed by atoms with van der Waals surface area (Å²) in [7, 11) is 1.84. The minimum atomic E-state index is -0.838. The van der Waals surface area contributed by atoms with Gasteiger partial charge < -0.3 is 14.7 Å². The fourth-order valence-corrected chi connectivity index (χ4v) is 2.91. The number of aromatic nitrogens is 2. The van der Waals surface area contributed by atoms with E-state index in [1.807, 2.05) is 13.2 Å². The summed E-state index contributed by atoms with van der Waals surface area (Å²) in [5.74, 6) is -0.0883. The molecule has 0 aliphatic carbocycles. The summed E-state index contributed by atoms with van der Waals surface area (Å²) in [6.45, 7) is 1.48. The maximum Gasteiger partial charge on any atom is 0.225 e. The quantitative estimate of drug-likeness (QED) is 0.917. The fraction of sp³-hybridized carbons (Fsp3) is 0.412. The first-order valence-corrected chi connectivity index (χ1v) is 8.22. The molecular weight excluding hydrogens is 330 g/mol. The number of carbonyl (C=O) groups excluding carboxylic acids is 1. The van der Waals surface area contributed by atoms with Crippen LogP contribution in [-0.2, 0) is 16.6 Å². The lowest BCUT2D eigenvalue weighted by atomic mass is 10.1. The SMILES string of the molecule is Cn1cc(C2CN(C(=O)CC(O)c3ccc(Cl)cc3)CCO2)cn1. The van der Waals surface area contributed by atoms with Crippen molar-refractivity contribution in [3.05, 3.63) is 52.8 Å². The first-order chi connectivity index (χ1) is 11.5. The van der Waals surface area contributed by atoms with Gasteiger partial charge >= 0.3 is 0 Å². The van der Waals surface area contributed by atoms with E-state index in [0.29, 0.717) is 30.3 Å². The Labute approximate surface area is 145 Å². The van der Waals surface area contributed by atoms with Gasteiger partial charge in [-0.25, -0.2) is 0 Å². The first kappa shape index (κ1) is 17.0. The van der Waals surface area contributed by atoms with Gasteiger partial charge in [0.05, 0.1) is 31.9 Å². The van der Waals surface area contributed by atoms with Crippen LogP contribution in [0.2, 0.25) is 5.02 Å². The molecule has 0 spiro atoms. The Morgan fingerprint density at radius 1 is 1.46 bits per heavy atom. The standard InChI is InChI=1S/C17H20ClN3O3/c1-20-10-13(9-19-20)16-11-21(6-7-24-16)17(23)8-15(22)12-2-4-14(18)5-3-12/h2-5,9-10,15-16,22H,6-8,11H2,1H3. The minimum Gasteiger partial charge on any atom is -0.388 e. The van der Waals surface area contributed by atoms with E-state index in [1.54, 1.807) is 40.0 Å². The Morgan fingerprint density at radius 2 is 2.21 bits per heavy atom. The molecule has 7 heteroatoms. The first-order valence-electron chi connectivity index (χ1n) is 7.84. The molecule has 1 saturated heterocycles. The highest BCUT2D eigenvalue weighted by Gasteiger charge is 2.27. The van der Waals surface area contributed by atoms with Gasteiger partial charge in [0.2, 0.25) is 5.91 Å². The minimum absolute atomic E-state index is 0.0430. The highest BCUT2D eigenvalue weighted by atomic mass is 35.5. The van der Waals surface area contributed by atoms with Gasteiger partial charge in [0.1, 0.15) is 6.10 Å². The van der Waals surface area contributed by atoms with Crippen molar-refractivity contribution >= 4 is 17.5 Å². The molecule has 6 nitrogen and oxygen atoms in total. The number of amides is 1. The van der Waals surface area contributed by atoms with Gasteiger partial charge in [-0.1, -0.05) is 23.7 Å². The Balaban J connectivity index is 1.60. The summed E-state index contributed by atoms with van der Waals surface area (Å²) < 4.78 is 7.45. The van der Waals surface area contributed by atoms with Crippen LogP contribution in [0.5, 0.6) is 0 Å². The summed E-state index contributed by atoms with van der Waals surface area (Å²) in [5, 5.41) is 15.0. The molecule has 1 aliphatic rings. The predicted molar refractivity (Wildman–Crippen MR) is 89.5 cm³/mol. The van der Waals surface area contributed by atoms with Crippen molar-refractivity contribution in [2.75, 3.05) is 19.7 Å². The monoisotopic (exact) mass is 349 g/mol. The lowest BCUT2D eigenvalue weighted by Crippen LogP contribution is -2.42. The Hall–Kier alpha value is -1.89. The summed E-state index contributed by atoms with van der Waals surface area (Å²) in [6, 6.07) is 6.88. The van der Waals surface area contributed by atoms with Crippen molar-refractivity contribution in [2.24, 2.45) is 7.05 Å². The molecule has 128 valence electrons. The molecule has 2 heterocycles. The second-order valence-electron chi connectivity index (χ2n) is 5.92. The summed E-state index contributed by atoms with van der Waals surface area (Å²) in [6.07, 6.45) is 2.67. The average Bonchev–Trinajstić information content (AvgIpc) is 3.02. The van der Waals surface area contributed by atoms with Crippen molar-refractivity contribution in [3.8, 4) is 0 Å². The Bertz CT molecular complexity index is 701. The predicted octanol–water partition coefficient (Wildman–Crippen LogP) is 2.10. The zero-order valence-electron chi connectivity index (χ0n) is 13.4. The number of hydrogen-bond donors (Lipinski definition) is 1. The smallest absolute Gasteiger partial charge is 0.225 e. The highest BCUT2D eigenvalue weighted by molar-refractivity contribution is 6.30. The molecule has 0 radical (unpaired) electrons. The van der Waals surface area contributed by atoms with E-state index in [0.717, 1.165) is 5.56 Å². The van der Waals surface area contributed by atoms with Crippen LogP contribution in [0.3, 0.4) is 0 Å². The van der Waals surface area contributed by atoms with E-state index >= 15 is 0 Å². The second kappa shape index (κ2) is 7.34. The number of aryl methyl sites for hydroxylation is 1. The maximum atomic E-state index is 12.5. The molecular formula is C17H20ClN3O3. The number of hydrogen-bond acceptors (Lipinski definition) is 4. The van der Waals surface area contributed by atoms with Crippen LogP contribution >= 0.6 is 11.6 Å². The molecule has 1 aromatic carbocycles. The van der Waals surface area contributed by atoms with Crippen LogP contribution in [0.25, 0.3) is 0 Å². The van der Waals surface area contributed by atoms with Gasteiger partial charge in [0.25, 0.3) is 0 Å². The average molecular weight is 350 g/mol. The van der Waals surface area contributed by atoms with Crippen LogP contribution in [0, 0.1) is 0 Å². The van der Waals surface area contributed by atoms with Gasteiger partial charge in [0, 0.05) is 30.4 Å². The van der Waals surface area contributed by atoms with Gasteiger partial charge in [-0.3, -0.25) is 9.48 Å². The number of benzene rings is 1. The molecule has 0 saturated carbocycles. The maximum absolute atomic E-state index is 12.5. The third-order valence-corrected chi connectivity index (χ3v) is 4.39. The van der Waals surface area contributed by atoms with Gasteiger partial charge in [-0.2, -0.15) is 5.10 Å². The lowest BCUT2D eigenvalue weighted by molar-refractivity contribution is -0.141. The van der Waals surface area contributed by atoms with Gasteiger partial charge in [-0.15, -0.1) is 0 Å². The molecule has 1 aliphatic heterocycles. The Morgan fingerprint density at radius 3 is 2.88 bits per heavy atom. The third-order valence-electron chi connectivity index (χ3n) is 4.14. The summed E-state index contributed by atoms with van der Waals surface area (Å²) in [5.41, 5.74) is 1.64. The highest BCUT2D eigenvalue weighted by Crippen LogP contribution is 2.24. The molecule has 2 unspecified atom stereocenters. The number of aliphatic hydroxyl groups is 1. The number of ether oxygens (including phenoxy) is 1. The van der Waals surface area contributed by atoms with E-state index < -0.39 is 6.10 Å². The van der Waals surface area contributed by atoms with Gasteiger partial charge in [-0.05, 0) is 17.7 Å². The van der Waals surface area contributed by atoms with Crippen molar-refractivity contribution in [1.29, 1.82) is 0 Å². The van der Waals surface area contributed by atoms with Crippen molar-refractivity contribution in [2.45, 2.75) is 18.6 Å². The fourth-order valence-electron chi connectivity index (χ4n) is 2.78. The van der Waals surface area contributed by atoms with Crippen molar-refractivity contribution in [1.82, 2.24) is 14.7 Å². The zero-order chi connectivity index (χ0) is 17.1. The van der Waals surface area contributed by atoms with E-state index in [1.165, 1.54) is 0 Å². The third kappa shape index (κ3) is 3.95. The molecule has 1 fully saturated rings. The van der Waals surface area contributed by atoms with E-state index in [-0.39, 0.29) is 18.4 Å². The largest absolute Gasteiger partial charge is 0.388 e. The lowest BCUT2D eigenvalue weighted by Gasteiger charge is -2.33. The molecule has 0 bridgehead atoms. The van der Waals surface area contributed by atoms with Gasteiger partial charge in [0.15, 0.2) is 0 Å². The normalized spacial score (nSPS) is 19.3. The van der Waals surface area contributed by atoms with Crippen LogP contribution in [0.15, 0.2) is 36.7 Å². The molecule has 2 aromatic rings. The number of morpholine rings is 1. The van der Waals surface area contributed by atoms with Crippen LogP contribution in [0.1, 0.15) is 29.8 Å². The second-order valence-corrected chi connectivity index (χ2v) is 6.35.